The van der Waals surface area contributed by atoms with E-state index in [1.165, 1.54) is 12.8 Å². The van der Waals surface area contributed by atoms with Crippen LogP contribution in [-0.4, -0.2) is 30.5 Å². The lowest BCUT2D eigenvalue weighted by atomic mass is 10.2. The number of hydroxylamine groups is 1. The van der Waals surface area contributed by atoms with Crippen molar-refractivity contribution in [1.82, 2.24) is 5.48 Å². The van der Waals surface area contributed by atoms with Crippen LogP contribution in [0.15, 0.2) is 30.3 Å². The summed E-state index contributed by atoms with van der Waals surface area (Å²) in [5, 5.41) is 9.73. The Balaban J connectivity index is 1.51. The van der Waals surface area contributed by atoms with Crippen LogP contribution in [0.3, 0.4) is 0 Å². The second kappa shape index (κ2) is 8.27. The number of hydrogen-bond donors (Lipinski definition) is 2. The number of rotatable bonds is 8. The molecule has 0 aromatic heterocycles. The summed E-state index contributed by atoms with van der Waals surface area (Å²) in [6, 6.07) is 9.95. The van der Waals surface area contributed by atoms with Crippen molar-refractivity contribution in [1.29, 1.82) is 0 Å². The largest absolute Gasteiger partial charge is 0.389 e. The fourth-order valence-electron chi connectivity index (χ4n) is 2.21. The van der Waals surface area contributed by atoms with E-state index >= 15 is 0 Å². The van der Waals surface area contributed by atoms with Gasteiger partial charge in [0.15, 0.2) is 0 Å². The third-order valence-electron chi connectivity index (χ3n) is 3.29. The Labute approximate surface area is 114 Å². The monoisotopic (exact) mass is 265 g/mol. The molecule has 4 heteroatoms. The molecule has 0 spiro atoms. The highest BCUT2D eigenvalue weighted by atomic mass is 16.7. The van der Waals surface area contributed by atoms with E-state index in [0.29, 0.717) is 25.9 Å². The zero-order chi connectivity index (χ0) is 13.3. The Kier molecular flexibility index (Phi) is 6.30. The van der Waals surface area contributed by atoms with Gasteiger partial charge in [0.2, 0.25) is 0 Å². The molecule has 0 saturated heterocycles. The Morgan fingerprint density at radius 1 is 1.21 bits per heavy atom. The molecular weight excluding hydrogens is 242 g/mol. The van der Waals surface area contributed by atoms with Crippen LogP contribution >= 0.6 is 0 Å². The predicted molar refractivity (Wildman–Crippen MR) is 73.4 cm³/mol. The molecule has 4 nitrogen and oxygen atoms in total. The van der Waals surface area contributed by atoms with Gasteiger partial charge in [-0.25, -0.2) is 0 Å². The predicted octanol–water partition coefficient (Wildman–Crippen LogP) is 2.03. The van der Waals surface area contributed by atoms with E-state index in [4.69, 9.17) is 9.57 Å². The number of ether oxygens (including phenoxy) is 1. The maximum atomic E-state index is 9.73. The molecule has 1 aromatic carbocycles. The molecular formula is C15H23NO3. The lowest BCUT2D eigenvalue weighted by Gasteiger charge is -2.15. The van der Waals surface area contributed by atoms with Gasteiger partial charge in [-0.2, -0.15) is 5.48 Å². The number of nitrogens with one attached hydrogen (secondary N) is 1. The SMILES string of the molecule is OC(CNOC1CCCC1)COCc1ccccc1. The topological polar surface area (TPSA) is 50.7 Å². The van der Waals surface area contributed by atoms with Gasteiger partial charge in [-0.05, 0) is 18.4 Å². The van der Waals surface area contributed by atoms with Gasteiger partial charge in [-0.15, -0.1) is 0 Å². The molecule has 0 bridgehead atoms. The minimum Gasteiger partial charge on any atom is -0.389 e. The summed E-state index contributed by atoms with van der Waals surface area (Å²) in [6.07, 6.45) is 4.51. The van der Waals surface area contributed by atoms with Crippen LogP contribution in [-0.2, 0) is 16.2 Å². The number of aliphatic hydroxyl groups excluding tert-OH is 1. The van der Waals surface area contributed by atoms with Crippen molar-refractivity contribution in [2.75, 3.05) is 13.2 Å². The molecule has 0 radical (unpaired) electrons. The molecule has 2 rings (SSSR count). The third-order valence-corrected chi connectivity index (χ3v) is 3.29. The van der Waals surface area contributed by atoms with Crippen LogP contribution in [0.2, 0.25) is 0 Å². The molecule has 0 amide bonds. The lowest BCUT2D eigenvalue weighted by molar-refractivity contribution is -0.0511. The fourth-order valence-corrected chi connectivity index (χ4v) is 2.21. The molecule has 2 N–H and O–H groups in total. The zero-order valence-corrected chi connectivity index (χ0v) is 11.3. The first-order valence-electron chi connectivity index (χ1n) is 7.03. The normalized spacial score (nSPS) is 17.7. The van der Waals surface area contributed by atoms with Crippen LogP contribution in [0.4, 0.5) is 0 Å². The number of aliphatic hydroxyl groups is 1. The molecule has 1 saturated carbocycles. The van der Waals surface area contributed by atoms with Crippen molar-refractivity contribution >= 4 is 0 Å². The van der Waals surface area contributed by atoms with Crippen molar-refractivity contribution in [2.24, 2.45) is 0 Å². The van der Waals surface area contributed by atoms with E-state index < -0.39 is 6.10 Å². The van der Waals surface area contributed by atoms with Gasteiger partial charge in [-0.1, -0.05) is 43.2 Å². The second-order valence-electron chi connectivity index (χ2n) is 5.03. The Hall–Kier alpha value is -0.940. The van der Waals surface area contributed by atoms with Crippen molar-refractivity contribution in [3.8, 4) is 0 Å². The van der Waals surface area contributed by atoms with Crippen molar-refractivity contribution in [3.63, 3.8) is 0 Å². The van der Waals surface area contributed by atoms with Crippen LogP contribution in [0, 0.1) is 0 Å². The summed E-state index contributed by atoms with van der Waals surface area (Å²) in [5.41, 5.74) is 3.96. The molecule has 19 heavy (non-hydrogen) atoms. The molecule has 1 aliphatic rings. The molecule has 1 fully saturated rings. The first-order valence-corrected chi connectivity index (χ1v) is 7.03. The van der Waals surface area contributed by atoms with Gasteiger partial charge in [0.25, 0.3) is 0 Å². The van der Waals surface area contributed by atoms with Gasteiger partial charge in [-0.3, -0.25) is 4.84 Å². The highest BCUT2D eigenvalue weighted by Gasteiger charge is 2.15. The zero-order valence-electron chi connectivity index (χ0n) is 11.3. The summed E-state index contributed by atoms with van der Waals surface area (Å²) in [5.74, 6) is 0. The Morgan fingerprint density at radius 3 is 2.68 bits per heavy atom. The van der Waals surface area contributed by atoms with Crippen LogP contribution in [0.5, 0.6) is 0 Å². The minimum absolute atomic E-state index is 0.315. The van der Waals surface area contributed by atoms with Crippen molar-refractivity contribution < 1.29 is 14.7 Å². The average molecular weight is 265 g/mol. The van der Waals surface area contributed by atoms with Crippen LogP contribution < -0.4 is 5.48 Å². The van der Waals surface area contributed by atoms with Gasteiger partial charge in [0, 0.05) is 6.54 Å². The molecule has 1 aliphatic carbocycles. The maximum Gasteiger partial charge on any atom is 0.0921 e. The van der Waals surface area contributed by atoms with Crippen molar-refractivity contribution in [2.45, 2.75) is 44.5 Å². The van der Waals surface area contributed by atoms with Gasteiger partial charge < -0.3 is 9.84 Å². The first kappa shape index (κ1) is 14.5. The molecule has 1 atom stereocenters. The molecule has 1 aromatic rings. The van der Waals surface area contributed by atoms with E-state index in [0.717, 1.165) is 18.4 Å². The quantitative estimate of drug-likeness (QED) is 0.706. The number of hydrogen-bond acceptors (Lipinski definition) is 4. The molecule has 0 heterocycles. The average Bonchev–Trinajstić information content (AvgIpc) is 2.93. The summed E-state index contributed by atoms with van der Waals surface area (Å²) in [4.78, 5) is 5.47. The summed E-state index contributed by atoms with van der Waals surface area (Å²) >= 11 is 0. The highest BCUT2D eigenvalue weighted by Crippen LogP contribution is 2.19. The summed E-state index contributed by atoms with van der Waals surface area (Å²) < 4.78 is 5.46. The van der Waals surface area contributed by atoms with Crippen LogP contribution in [0.1, 0.15) is 31.2 Å². The van der Waals surface area contributed by atoms with Crippen LogP contribution in [0.25, 0.3) is 0 Å². The minimum atomic E-state index is -0.537. The smallest absolute Gasteiger partial charge is 0.0921 e. The lowest BCUT2D eigenvalue weighted by Crippen LogP contribution is -2.32. The van der Waals surface area contributed by atoms with E-state index in [1.807, 2.05) is 30.3 Å². The first-order chi connectivity index (χ1) is 9.34. The van der Waals surface area contributed by atoms with E-state index in [-0.39, 0.29) is 0 Å². The number of benzene rings is 1. The van der Waals surface area contributed by atoms with Crippen molar-refractivity contribution in [3.05, 3.63) is 35.9 Å². The maximum absolute atomic E-state index is 9.73. The third kappa shape index (κ3) is 5.70. The van der Waals surface area contributed by atoms with Gasteiger partial charge in [0.05, 0.1) is 25.4 Å². The Bertz CT molecular complexity index is 339. The fraction of sp³-hybridized carbons (Fsp3) is 0.600. The van der Waals surface area contributed by atoms with E-state index in [9.17, 15) is 5.11 Å². The van der Waals surface area contributed by atoms with E-state index in [1.54, 1.807) is 0 Å². The second-order valence-corrected chi connectivity index (χ2v) is 5.03. The summed E-state index contributed by atoms with van der Waals surface area (Å²) in [7, 11) is 0. The molecule has 1 unspecified atom stereocenters. The van der Waals surface area contributed by atoms with E-state index in [2.05, 4.69) is 5.48 Å². The molecule has 106 valence electrons. The standard InChI is InChI=1S/C15H23NO3/c17-14(10-16-19-15-8-4-5-9-15)12-18-11-13-6-2-1-3-7-13/h1-3,6-7,14-17H,4-5,8-12H2. The highest BCUT2D eigenvalue weighted by molar-refractivity contribution is 5.13. The Morgan fingerprint density at radius 2 is 1.95 bits per heavy atom. The van der Waals surface area contributed by atoms with Gasteiger partial charge >= 0.3 is 0 Å². The van der Waals surface area contributed by atoms with Gasteiger partial charge in [0.1, 0.15) is 0 Å². The molecule has 0 aliphatic heterocycles. The summed E-state index contributed by atoms with van der Waals surface area (Å²) in [6.45, 7) is 1.25.